The van der Waals surface area contributed by atoms with E-state index in [2.05, 4.69) is 17.4 Å². The zero-order valence-electron chi connectivity index (χ0n) is 19.8. The summed E-state index contributed by atoms with van der Waals surface area (Å²) in [5, 5.41) is 12.0. The SMILES string of the molecule is CCN(C(=O)C(CCCOC)NC(=O)OCC1c2ccccc2-c2ccccc21)C(C)C(=O)O. The Morgan fingerprint density at radius 3 is 2.18 bits per heavy atom. The van der Waals surface area contributed by atoms with Gasteiger partial charge in [0.15, 0.2) is 0 Å². The van der Waals surface area contributed by atoms with Crippen molar-refractivity contribution in [2.24, 2.45) is 0 Å². The van der Waals surface area contributed by atoms with Gasteiger partial charge in [0.1, 0.15) is 18.7 Å². The molecule has 0 spiro atoms. The molecular formula is C26H32N2O6. The van der Waals surface area contributed by atoms with E-state index in [1.807, 2.05) is 36.4 Å². The normalized spacial score (nSPS) is 14.0. The van der Waals surface area contributed by atoms with Gasteiger partial charge in [-0.2, -0.15) is 0 Å². The maximum Gasteiger partial charge on any atom is 0.407 e. The molecule has 0 aliphatic heterocycles. The third-order valence-corrected chi connectivity index (χ3v) is 6.22. The number of carbonyl (C=O) groups is 3. The van der Waals surface area contributed by atoms with Crippen molar-refractivity contribution in [2.45, 2.75) is 44.7 Å². The molecule has 0 fully saturated rings. The summed E-state index contributed by atoms with van der Waals surface area (Å²) in [5.74, 6) is -1.66. The highest BCUT2D eigenvalue weighted by Gasteiger charge is 2.32. The van der Waals surface area contributed by atoms with Crippen molar-refractivity contribution in [2.75, 3.05) is 26.9 Å². The van der Waals surface area contributed by atoms with Gasteiger partial charge in [0, 0.05) is 26.2 Å². The molecule has 1 aliphatic carbocycles. The van der Waals surface area contributed by atoms with Gasteiger partial charge >= 0.3 is 12.1 Å². The molecule has 8 nitrogen and oxygen atoms in total. The van der Waals surface area contributed by atoms with Crippen LogP contribution in [0.2, 0.25) is 0 Å². The average molecular weight is 469 g/mol. The van der Waals surface area contributed by atoms with Crippen LogP contribution in [0.15, 0.2) is 48.5 Å². The number of rotatable bonds is 11. The van der Waals surface area contributed by atoms with E-state index in [0.29, 0.717) is 19.4 Å². The number of hydrogen-bond donors (Lipinski definition) is 2. The van der Waals surface area contributed by atoms with E-state index in [1.165, 1.54) is 11.8 Å². The minimum atomic E-state index is -1.10. The van der Waals surface area contributed by atoms with Gasteiger partial charge in [0.25, 0.3) is 0 Å². The van der Waals surface area contributed by atoms with Crippen LogP contribution in [-0.2, 0) is 19.1 Å². The first-order valence-corrected chi connectivity index (χ1v) is 11.5. The monoisotopic (exact) mass is 468 g/mol. The summed E-state index contributed by atoms with van der Waals surface area (Å²) in [5.41, 5.74) is 4.44. The molecule has 0 heterocycles. The van der Waals surface area contributed by atoms with E-state index in [-0.39, 0.29) is 19.1 Å². The second-order valence-electron chi connectivity index (χ2n) is 8.30. The van der Waals surface area contributed by atoms with Crippen LogP contribution in [0.4, 0.5) is 4.79 Å². The molecule has 0 saturated carbocycles. The molecular weight excluding hydrogens is 436 g/mol. The number of benzene rings is 2. The van der Waals surface area contributed by atoms with Gasteiger partial charge in [-0.3, -0.25) is 4.79 Å². The Labute approximate surface area is 199 Å². The fraction of sp³-hybridized carbons (Fsp3) is 0.423. The summed E-state index contributed by atoms with van der Waals surface area (Å²) in [7, 11) is 1.56. The van der Waals surface area contributed by atoms with Crippen molar-refractivity contribution >= 4 is 18.0 Å². The number of aliphatic carboxylic acids is 1. The van der Waals surface area contributed by atoms with Gasteiger partial charge in [0.05, 0.1) is 0 Å². The third kappa shape index (κ3) is 5.56. The van der Waals surface area contributed by atoms with Crippen molar-refractivity contribution in [3.05, 3.63) is 59.7 Å². The number of carboxylic acids is 1. The first-order valence-electron chi connectivity index (χ1n) is 11.5. The van der Waals surface area contributed by atoms with Crippen molar-refractivity contribution < 1.29 is 29.0 Å². The third-order valence-electron chi connectivity index (χ3n) is 6.22. The summed E-state index contributed by atoms with van der Waals surface area (Å²) in [6.07, 6.45) is 0.117. The first-order chi connectivity index (χ1) is 16.4. The first kappa shape index (κ1) is 25.2. The predicted octanol–water partition coefficient (Wildman–Crippen LogP) is 3.64. The van der Waals surface area contributed by atoms with Crippen molar-refractivity contribution in [1.29, 1.82) is 0 Å². The molecule has 2 unspecified atom stereocenters. The Bertz CT molecular complexity index is 978. The molecule has 1 aliphatic rings. The highest BCUT2D eigenvalue weighted by Crippen LogP contribution is 2.44. The zero-order chi connectivity index (χ0) is 24.7. The van der Waals surface area contributed by atoms with Crippen LogP contribution in [0.1, 0.15) is 43.7 Å². The van der Waals surface area contributed by atoms with Crippen molar-refractivity contribution in [3.63, 3.8) is 0 Å². The number of methoxy groups -OCH3 is 1. The summed E-state index contributed by atoms with van der Waals surface area (Å²) >= 11 is 0. The summed E-state index contributed by atoms with van der Waals surface area (Å²) in [6.45, 7) is 3.90. The van der Waals surface area contributed by atoms with Gasteiger partial charge < -0.3 is 24.8 Å². The lowest BCUT2D eigenvalue weighted by atomic mass is 9.98. The zero-order valence-corrected chi connectivity index (χ0v) is 19.8. The number of likely N-dealkylation sites (N-methyl/N-ethyl adjacent to an activating group) is 1. The molecule has 0 bridgehead atoms. The fourth-order valence-corrected chi connectivity index (χ4v) is 4.43. The number of ether oxygens (including phenoxy) is 2. The number of nitrogens with zero attached hydrogens (tertiary/aromatic N) is 1. The van der Waals surface area contributed by atoms with Crippen molar-refractivity contribution in [1.82, 2.24) is 10.2 Å². The summed E-state index contributed by atoms with van der Waals surface area (Å²) < 4.78 is 10.6. The quantitative estimate of drug-likeness (QED) is 0.488. The molecule has 34 heavy (non-hydrogen) atoms. The molecule has 0 saturated heterocycles. The van der Waals surface area contributed by atoms with E-state index in [0.717, 1.165) is 22.3 Å². The number of nitrogens with one attached hydrogen (secondary N) is 1. The topological polar surface area (TPSA) is 105 Å². The minimum absolute atomic E-state index is 0.0973. The minimum Gasteiger partial charge on any atom is -0.480 e. The van der Waals surface area contributed by atoms with Gasteiger partial charge in [-0.1, -0.05) is 48.5 Å². The lowest BCUT2D eigenvalue weighted by molar-refractivity contribution is -0.150. The summed E-state index contributed by atoms with van der Waals surface area (Å²) in [4.78, 5) is 38.5. The highest BCUT2D eigenvalue weighted by molar-refractivity contribution is 5.89. The lowest BCUT2D eigenvalue weighted by Crippen LogP contribution is -2.53. The van der Waals surface area contributed by atoms with E-state index < -0.39 is 30.1 Å². The number of amides is 2. The molecule has 8 heteroatoms. The molecule has 2 amide bonds. The van der Waals surface area contributed by atoms with E-state index in [9.17, 15) is 19.5 Å². The number of carbonyl (C=O) groups excluding carboxylic acids is 2. The molecule has 2 aromatic rings. The van der Waals surface area contributed by atoms with E-state index >= 15 is 0 Å². The van der Waals surface area contributed by atoms with Crippen LogP contribution in [-0.4, -0.2) is 66.9 Å². The van der Waals surface area contributed by atoms with Crippen LogP contribution in [0.5, 0.6) is 0 Å². The average Bonchev–Trinajstić information content (AvgIpc) is 3.16. The summed E-state index contributed by atoms with van der Waals surface area (Å²) in [6, 6.07) is 14.2. The largest absolute Gasteiger partial charge is 0.480 e. The molecule has 2 atom stereocenters. The standard InChI is InChI=1S/C26H32N2O6/c1-4-28(17(2)25(30)31)24(29)23(14-9-15-33-3)27-26(32)34-16-22-20-12-7-5-10-18(20)19-11-6-8-13-21(19)22/h5-8,10-13,17,22-23H,4,9,14-16H2,1-3H3,(H,27,32)(H,30,31). The van der Waals surface area contributed by atoms with Crippen LogP contribution in [0, 0.1) is 0 Å². The second kappa shape index (κ2) is 11.7. The highest BCUT2D eigenvalue weighted by atomic mass is 16.5. The fourth-order valence-electron chi connectivity index (χ4n) is 4.43. The Hall–Kier alpha value is -3.39. The number of alkyl carbamates (subject to hydrolysis) is 1. The predicted molar refractivity (Wildman–Crippen MR) is 128 cm³/mol. The van der Waals surface area contributed by atoms with E-state index in [4.69, 9.17) is 9.47 Å². The van der Waals surface area contributed by atoms with E-state index in [1.54, 1.807) is 14.0 Å². The lowest BCUT2D eigenvalue weighted by Gasteiger charge is -2.29. The van der Waals surface area contributed by atoms with Crippen molar-refractivity contribution in [3.8, 4) is 11.1 Å². The van der Waals surface area contributed by atoms with Crippen LogP contribution in [0.25, 0.3) is 11.1 Å². The van der Waals surface area contributed by atoms with Gasteiger partial charge in [-0.15, -0.1) is 0 Å². The van der Waals surface area contributed by atoms with Gasteiger partial charge in [-0.25, -0.2) is 9.59 Å². The molecule has 2 N–H and O–H groups in total. The molecule has 0 aromatic heterocycles. The Morgan fingerprint density at radius 1 is 1.06 bits per heavy atom. The Kier molecular flexibility index (Phi) is 8.65. The smallest absolute Gasteiger partial charge is 0.407 e. The molecule has 3 rings (SSSR count). The Morgan fingerprint density at radius 2 is 1.65 bits per heavy atom. The molecule has 182 valence electrons. The number of hydrogen-bond acceptors (Lipinski definition) is 5. The maximum absolute atomic E-state index is 13.1. The van der Waals surface area contributed by atoms with Gasteiger partial charge in [-0.05, 0) is 48.9 Å². The number of fused-ring (bicyclic) bond motifs is 3. The van der Waals surface area contributed by atoms with Crippen LogP contribution in [0.3, 0.4) is 0 Å². The maximum atomic E-state index is 13.1. The molecule has 0 radical (unpaired) electrons. The van der Waals surface area contributed by atoms with Gasteiger partial charge in [0.2, 0.25) is 5.91 Å². The molecule has 2 aromatic carbocycles. The second-order valence-corrected chi connectivity index (χ2v) is 8.30. The number of carboxylic acid groups (broad SMARTS) is 1. The Balaban J connectivity index is 1.70. The van der Waals surface area contributed by atoms with Crippen LogP contribution < -0.4 is 5.32 Å². The van der Waals surface area contributed by atoms with Crippen LogP contribution >= 0.6 is 0 Å².